The molecule has 1 aromatic heterocycles. The van der Waals surface area contributed by atoms with Crippen molar-refractivity contribution in [2.75, 3.05) is 17.2 Å². The maximum Gasteiger partial charge on any atom is 0.274 e. The first kappa shape index (κ1) is 12.0. The highest BCUT2D eigenvalue weighted by Gasteiger charge is 2.28. The van der Waals surface area contributed by atoms with Gasteiger partial charge in [0.15, 0.2) is 0 Å². The second kappa shape index (κ2) is 4.38. The third-order valence-corrected chi connectivity index (χ3v) is 4.03. The number of hydrogen-bond acceptors (Lipinski definition) is 2. The Morgan fingerprint density at radius 3 is 2.86 bits per heavy atom. The molecule has 21 heavy (non-hydrogen) atoms. The van der Waals surface area contributed by atoms with Crippen molar-refractivity contribution in [1.29, 1.82) is 0 Å². The number of aromatic amines is 1. The number of carbonyl (C=O) groups is 1. The smallest absolute Gasteiger partial charge is 0.274 e. The largest absolute Gasteiger partial charge is 0.397 e. The lowest BCUT2D eigenvalue weighted by Gasteiger charge is -2.18. The fraction of sp³-hybridized carbons (Fsp3) is 0.118. The lowest BCUT2D eigenvalue weighted by molar-refractivity contribution is 0.0985. The van der Waals surface area contributed by atoms with Crippen LogP contribution < -0.4 is 10.6 Å². The Hall–Kier alpha value is -2.75. The summed E-state index contributed by atoms with van der Waals surface area (Å²) in [5.74, 6) is -0.0251. The number of nitrogens with one attached hydrogen (secondary N) is 1. The number of amides is 1. The summed E-state index contributed by atoms with van der Waals surface area (Å²) in [5.41, 5.74) is 10.3. The fourth-order valence-corrected chi connectivity index (χ4v) is 3.02. The Balaban J connectivity index is 1.77. The number of anilines is 2. The van der Waals surface area contributed by atoms with Gasteiger partial charge in [0, 0.05) is 17.4 Å². The van der Waals surface area contributed by atoms with Gasteiger partial charge in [-0.3, -0.25) is 4.79 Å². The molecule has 0 fully saturated rings. The molecule has 3 aromatic rings. The molecule has 2 aromatic carbocycles. The van der Waals surface area contributed by atoms with Crippen LogP contribution in [0.3, 0.4) is 0 Å². The first-order chi connectivity index (χ1) is 10.2. The highest BCUT2D eigenvalue weighted by atomic mass is 16.2. The predicted molar refractivity (Wildman–Crippen MR) is 84.5 cm³/mol. The number of benzene rings is 2. The number of nitrogen functional groups attached to an aromatic ring is 1. The molecule has 1 aliphatic heterocycles. The second-order valence-corrected chi connectivity index (χ2v) is 5.33. The van der Waals surface area contributed by atoms with Crippen molar-refractivity contribution in [1.82, 2.24) is 4.98 Å². The standard InChI is InChI=1S/C17H15N3O/c18-13-6-3-5-11-8-9-20(16(11)13)17(21)15-10-12-4-1-2-7-14(12)19-15/h1-7,10,19H,8-9,18H2. The maximum absolute atomic E-state index is 12.8. The SMILES string of the molecule is Nc1cccc2c1N(C(=O)c1cc3ccccc3[nH]1)CC2. The number of nitrogens with zero attached hydrogens (tertiary/aromatic N) is 1. The van der Waals surface area contributed by atoms with E-state index in [1.54, 1.807) is 4.90 Å². The van der Waals surface area contributed by atoms with Crippen LogP contribution in [0, 0.1) is 0 Å². The Morgan fingerprint density at radius 1 is 1.14 bits per heavy atom. The van der Waals surface area contributed by atoms with Gasteiger partial charge in [-0.1, -0.05) is 30.3 Å². The summed E-state index contributed by atoms with van der Waals surface area (Å²) in [6.07, 6.45) is 0.854. The first-order valence-electron chi connectivity index (χ1n) is 7.01. The summed E-state index contributed by atoms with van der Waals surface area (Å²) in [7, 11) is 0. The number of nitrogens with two attached hydrogens (primary N) is 1. The van der Waals surface area contributed by atoms with Crippen LogP contribution in [0.1, 0.15) is 16.1 Å². The molecule has 0 atom stereocenters. The Kier molecular flexibility index (Phi) is 2.51. The zero-order valence-corrected chi connectivity index (χ0v) is 11.5. The molecule has 4 heteroatoms. The molecule has 1 aliphatic rings. The second-order valence-electron chi connectivity index (χ2n) is 5.33. The lowest BCUT2D eigenvalue weighted by Crippen LogP contribution is -2.29. The summed E-state index contributed by atoms with van der Waals surface area (Å²) in [4.78, 5) is 17.7. The number of carbonyl (C=O) groups excluding carboxylic acids is 1. The molecule has 0 saturated heterocycles. The highest BCUT2D eigenvalue weighted by molar-refractivity contribution is 6.10. The van der Waals surface area contributed by atoms with Crippen molar-refractivity contribution in [3.05, 3.63) is 59.8 Å². The van der Waals surface area contributed by atoms with Gasteiger partial charge in [-0.25, -0.2) is 0 Å². The zero-order chi connectivity index (χ0) is 14.4. The van der Waals surface area contributed by atoms with Crippen LogP contribution in [0.4, 0.5) is 11.4 Å². The van der Waals surface area contributed by atoms with Gasteiger partial charge in [-0.05, 0) is 30.2 Å². The summed E-state index contributed by atoms with van der Waals surface area (Å²) in [5, 5.41) is 1.04. The van der Waals surface area contributed by atoms with Crippen LogP contribution in [-0.2, 0) is 6.42 Å². The summed E-state index contributed by atoms with van der Waals surface area (Å²) >= 11 is 0. The minimum atomic E-state index is -0.0251. The van der Waals surface area contributed by atoms with Gasteiger partial charge in [0.2, 0.25) is 0 Å². The van der Waals surface area contributed by atoms with Crippen molar-refractivity contribution in [2.45, 2.75) is 6.42 Å². The quantitative estimate of drug-likeness (QED) is 0.672. The van der Waals surface area contributed by atoms with Gasteiger partial charge in [-0.15, -0.1) is 0 Å². The number of aromatic nitrogens is 1. The van der Waals surface area contributed by atoms with Crippen molar-refractivity contribution in [3.8, 4) is 0 Å². The fourth-order valence-electron chi connectivity index (χ4n) is 3.02. The number of rotatable bonds is 1. The van der Waals surface area contributed by atoms with Crippen LogP contribution in [0.2, 0.25) is 0 Å². The summed E-state index contributed by atoms with van der Waals surface area (Å²) < 4.78 is 0. The van der Waals surface area contributed by atoms with Gasteiger partial charge in [0.1, 0.15) is 5.69 Å². The molecule has 0 spiro atoms. The Morgan fingerprint density at radius 2 is 2.00 bits per heavy atom. The molecule has 4 rings (SSSR count). The highest BCUT2D eigenvalue weighted by Crippen LogP contribution is 2.34. The molecule has 0 radical (unpaired) electrons. The molecule has 3 N–H and O–H groups in total. The van der Waals surface area contributed by atoms with Crippen LogP contribution in [-0.4, -0.2) is 17.4 Å². The van der Waals surface area contributed by atoms with E-state index in [-0.39, 0.29) is 5.91 Å². The number of para-hydroxylation sites is 2. The average Bonchev–Trinajstić information content (AvgIpc) is 3.11. The maximum atomic E-state index is 12.8. The molecule has 2 heterocycles. The van der Waals surface area contributed by atoms with E-state index in [9.17, 15) is 4.79 Å². The van der Waals surface area contributed by atoms with Gasteiger partial charge in [0.05, 0.1) is 11.4 Å². The molecular formula is C17H15N3O. The minimum Gasteiger partial charge on any atom is -0.397 e. The first-order valence-corrected chi connectivity index (χ1v) is 7.01. The average molecular weight is 277 g/mol. The van der Waals surface area contributed by atoms with E-state index >= 15 is 0 Å². The van der Waals surface area contributed by atoms with Crippen molar-refractivity contribution >= 4 is 28.2 Å². The van der Waals surface area contributed by atoms with Gasteiger partial charge in [0.25, 0.3) is 5.91 Å². The molecule has 1 amide bonds. The summed E-state index contributed by atoms with van der Waals surface area (Å²) in [6.45, 7) is 0.678. The molecule has 0 bridgehead atoms. The molecule has 4 nitrogen and oxygen atoms in total. The number of hydrogen-bond donors (Lipinski definition) is 2. The van der Waals surface area contributed by atoms with E-state index in [1.165, 1.54) is 0 Å². The van der Waals surface area contributed by atoms with E-state index in [0.717, 1.165) is 28.6 Å². The molecule has 0 unspecified atom stereocenters. The van der Waals surface area contributed by atoms with E-state index in [1.807, 2.05) is 48.5 Å². The van der Waals surface area contributed by atoms with Crippen molar-refractivity contribution in [3.63, 3.8) is 0 Å². The van der Waals surface area contributed by atoms with E-state index in [2.05, 4.69) is 4.98 Å². The van der Waals surface area contributed by atoms with E-state index in [0.29, 0.717) is 17.9 Å². The normalized spacial score (nSPS) is 13.6. The van der Waals surface area contributed by atoms with Crippen molar-refractivity contribution in [2.24, 2.45) is 0 Å². The number of H-pyrrole nitrogens is 1. The molecule has 0 saturated carbocycles. The van der Waals surface area contributed by atoms with Crippen LogP contribution in [0.15, 0.2) is 48.5 Å². The monoisotopic (exact) mass is 277 g/mol. The Bertz CT molecular complexity index is 817. The van der Waals surface area contributed by atoms with Gasteiger partial charge < -0.3 is 15.6 Å². The topological polar surface area (TPSA) is 62.1 Å². The predicted octanol–water partition coefficient (Wildman–Crippen LogP) is 2.95. The molecule has 0 aliphatic carbocycles. The Labute approximate surface area is 122 Å². The van der Waals surface area contributed by atoms with Crippen molar-refractivity contribution < 1.29 is 4.79 Å². The van der Waals surface area contributed by atoms with Gasteiger partial charge >= 0.3 is 0 Å². The number of fused-ring (bicyclic) bond motifs is 2. The zero-order valence-electron chi connectivity index (χ0n) is 11.5. The lowest BCUT2D eigenvalue weighted by atomic mass is 10.1. The summed E-state index contributed by atoms with van der Waals surface area (Å²) in [6, 6.07) is 15.6. The third-order valence-electron chi connectivity index (χ3n) is 4.03. The van der Waals surface area contributed by atoms with Crippen LogP contribution in [0.5, 0.6) is 0 Å². The van der Waals surface area contributed by atoms with Crippen LogP contribution >= 0.6 is 0 Å². The van der Waals surface area contributed by atoms with Gasteiger partial charge in [-0.2, -0.15) is 0 Å². The van der Waals surface area contributed by atoms with E-state index in [4.69, 9.17) is 5.73 Å². The van der Waals surface area contributed by atoms with Crippen LogP contribution in [0.25, 0.3) is 10.9 Å². The third kappa shape index (κ3) is 1.80. The molecule has 104 valence electrons. The minimum absolute atomic E-state index is 0.0251. The molecular weight excluding hydrogens is 262 g/mol. The van der Waals surface area contributed by atoms with E-state index < -0.39 is 0 Å².